The van der Waals surface area contributed by atoms with Crippen LogP contribution in [0.3, 0.4) is 0 Å². The Balaban J connectivity index is 1.77. The highest BCUT2D eigenvalue weighted by Crippen LogP contribution is 2.23. The van der Waals surface area contributed by atoms with Gasteiger partial charge in [-0.25, -0.2) is 9.59 Å². The molecule has 0 aliphatic heterocycles. The van der Waals surface area contributed by atoms with Crippen LogP contribution in [0.2, 0.25) is 0 Å². The first-order chi connectivity index (χ1) is 14.9. The van der Waals surface area contributed by atoms with Crippen LogP contribution in [-0.2, 0) is 20.9 Å². The molecule has 158 valence electrons. The Kier molecular flexibility index (Phi) is 6.95. The lowest BCUT2D eigenvalue weighted by Gasteiger charge is -2.02. The lowest BCUT2D eigenvalue weighted by Crippen LogP contribution is -2.37. The minimum absolute atomic E-state index is 0.575. The number of hydrogen-bond acceptors (Lipinski definition) is 5. The molecule has 0 spiro atoms. The molecular formula is C23H22N4O4. The number of primary amides is 1. The van der Waals surface area contributed by atoms with Gasteiger partial charge in [-0.05, 0) is 18.6 Å². The summed E-state index contributed by atoms with van der Waals surface area (Å²) < 4.78 is 6.62. The van der Waals surface area contributed by atoms with Crippen molar-refractivity contribution in [3.05, 3.63) is 83.6 Å². The third-order valence-electron chi connectivity index (χ3n) is 4.31. The summed E-state index contributed by atoms with van der Waals surface area (Å²) >= 11 is 0. The summed E-state index contributed by atoms with van der Waals surface area (Å²) in [7, 11) is 0. The molecule has 0 fully saturated rings. The molecule has 8 nitrogen and oxygen atoms in total. The molecule has 1 aromatic heterocycles. The Bertz CT molecular complexity index is 1100. The highest BCUT2D eigenvalue weighted by Gasteiger charge is 2.11. The second kappa shape index (κ2) is 10.0. The highest BCUT2D eigenvalue weighted by molar-refractivity contribution is 5.96. The predicted molar refractivity (Wildman–Crippen MR) is 116 cm³/mol. The van der Waals surface area contributed by atoms with E-state index in [0.717, 1.165) is 16.7 Å². The Morgan fingerprint density at radius 1 is 1.10 bits per heavy atom. The summed E-state index contributed by atoms with van der Waals surface area (Å²) in [6, 6.07) is 16.8. The van der Waals surface area contributed by atoms with Crippen LogP contribution in [0.15, 0.2) is 66.9 Å². The van der Waals surface area contributed by atoms with Crippen molar-refractivity contribution < 1.29 is 19.1 Å². The molecule has 3 aromatic rings. The number of benzene rings is 2. The van der Waals surface area contributed by atoms with Crippen LogP contribution in [0.1, 0.15) is 16.7 Å². The first kappa shape index (κ1) is 21.5. The quantitative estimate of drug-likeness (QED) is 0.452. The normalized spacial score (nSPS) is 10.7. The molecular weight excluding hydrogens is 396 g/mol. The number of urea groups is 1. The third kappa shape index (κ3) is 6.40. The summed E-state index contributed by atoms with van der Waals surface area (Å²) in [5, 5.41) is 6.50. The van der Waals surface area contributed by atoms with Crippen LogP contribution in [0.25, 0.3) is 17.3 Å². The van der Waals surface area contributed by atoms with Gasteiger partial charge in [-0.2, -0.15) is 5.10 Å². The summed E-state index contributed by atoms with van der Waals surface area (Å²) in [5.41, 5.74) is 9.45. The van der Waals surface area contributed by atoms with Crippen LogP contribution in [0.4, 0.5) is 4.79 Å². The van der Waals surface area contributed by atoms with Gasteiger partial charge in [0.25, 0.3) is 5.91 Å². The summed E-state index contributed by atoms with van der Waals surface area (Å²) in [6.45, 7) is 2.00. The van der Waals surface area contributed by atoms with Crippen molar-refractivity contribution in [1.82, 2.24) is 15.1 Å². The van der Waals surface area contributed by atoms with E-state index in [1.165, 1.54) is 11.6 Å². The second-order valence-corrected chi connectivity index (χ2v) is 6.84. The van der Waals surface area contributed by atoms with E-state index < -0.39 is 24.5 Å². The smallest absolute Gasteiger partial charge is 0.331 e. The van der Waals surface area contributed by atoms with Crippen molar-refractivity contribution in [2.24, 2.45) is 5.73 Å². The number of hydrogen-bond donors (Lipinski definition) is 2. The second-order valence-electron chi connectivity index (χ2n) is 6.84. The number of nitrogens with two attached hydrogens (primary N) is 1. The molecule has 0 aliphatic rings. The fourth-order valence-electron chi connectivity index (χ4n) is 2.86. The lowest BCUT2D eigenvalue weighted by atomic mass is 10.1. The summed E-state index contributed by atoms with van der Waals surface area (Å²) in [4.78, 5) is 33.9. The summed E-state index contributed by atoms with van der Waals surface area (Å²) in [5.74, 6) is -1.53. The minimum atomic E-state index is -1.01. The fourth-order valence-corrected chi connectivity index (χ4v) is 2.86. The van der Waals surface area contributed by atoms with Crippen molar-refractivity contribution in [1.29, 1.82) is 0 Å². The Hall–Kier alpha value is -4.20. The Labute approximate surface area is 179 Å². The number of carbonyl (C=O) groups is 3. The maximum atomic E-state index is 12.0. The van der Waals surface area contributed by atoms with Gasteiger partial charge in [0.15, 0.2) is 6.61 Å². The number of esters is 1. The number of rotatable bonds is 7. The van der Waals surface area contributed by atoms with Crippen LogP contribution in [0.5, 0.6) is 0 Å². The van der Waals surface area contributed by atoms with E-state index in [1.54, 1.807) is 10.8 Å². The van der Waals surface area contributed by atoms with Crippen LogP contribution >= 0.6 is 0 Å². The van der Waals surface area contributed by atoms with Crippen molar-refractivity contribution in [2.75, 3.05) is 6.61 Å². The molecule has 3 N–H and O–H groups in total. The molecule has 2 aromatic carbocycles. The van der Waals surface area contributed by atoms with Gasteiger partial charge in [0.05, 0.1) is 12.2 Å². The van der Waals surface area contributed by atoms with E-state index in [4.69, 9.17) is 10.5 Å². The largest absolute Gasteiger partial charge is 0.452 e. The third-order valence-corrected chi connectivity index (χ3v) is 4.31. The van der Waals surface area contributed by atoms with E-state index in [9.17, 15) is 14.4 Å². The molecule has 3 amide bonds. The van der Waals surface area contributed by atoms with Crippen molar-refractivity contribution in [2.45, 2.75) is 13.5 Å². The number of nitrogens with zero attached hydrogens (tertiary/aromatic N) is 2. The molecule has 0 radical (unpaired) electrons. The first-order valence-electron chi connectivity index (χ1n) is 9.53. The van der Waals surface area contributed by atoms with Gasteiger partial charge in [0.1, 0.15) is 0 Å². The van der Waals surface area contributed by atoms with Gasteiger partial charge in [0.2, 0.25) is 0 Å². The number of aryl methyl sites for hydroxylation is 1. The first-order valence-corrected chi connectivity index (χ1v) is 9.53. The standard InChI is InChI=1S/C23H22N4O4/c1-16-7-9-17(10-8-16)13-27-14-19(22(26-27)18-5-3-2-4-6-18)11-12-21(29)31-15-20(28)25-23(24)30/h2-12,14H,13,15H2,1H3,(H3,24,25,28,30)/b12-11+. The molecule has 8 heteroatoms. The lowest BCUT2D eigenvalue weighted by molar-refractivity contribution is -0.143. The van der Waals surface area contributed by atoms with Gasteiger partial charge in [0, 0.05) is 23.4 Å². The number of imide groups is 1. The molecule has 0 aliphatic carbocycles. The molecule has 0 unspecified atom stereocenters. The van der Waals surface area contributed by atoms with E-state index >= 15 is 0 Å². The predicted octanol–water partition coefficient (Wildman–Crippen LogP) is 2.66. The summed E-state index contributed by atoms with van der Waals surface area (Å²) in [6.07, 6.45) is 4.62. The average molecular weight is 418 g/mol. The van der Waals surface area contributed by atoms with Gasteiger partial charge in [-0.15, -0.1) is 0 Å². The van der Waals surface area contributed by atoms with E-state index in [2.05, 4.69) is 5.10 Å². The van der Waals surface area contributed by atoms with E-state index in [1.807, 2.05) is 73.0 Å². The zero-order chi connectivity index (χ0) is 22.2. The molecule has 0 atom stereocenters. The maximum Gasteiger partial charge on any atom is 0.331 e. The fraction of sp³-hybridized carbons (Fsp3) is 0.130. The molecule has 3 rings (SSSR count). The number of amides is 3. The van der Waals surface area contributed by atoms with Crippen molar-refractivity contribution in [3.8, 4) is 11.3 Å². The molecule has 31 heavy (non-hydrogen) atoms. The van der Waals surface area contributed by atoms with Gasteiger partial charge < -0.3 is 10.5 Å². The molecule has 0 saturated heterocycles. The SMILES string of the molecule is Cc1ccc(Cn2cc(/C=C/C(=O)OCC(=O)NC(N)=O)c(-c3ccccc3)n2)cc1. The number of ether oxygens (including phenoxy) is 1. The van der Waals surface area contributed by atoms with Crippen LogP contribution in [-0.4, -0.2) is 34.3 Å². The van der Waals surface area contributed by atoms with Crippen molar-refractivity contribution >= 4 is 24.0 Å². The van der Waals surface area contributed by atoms with Gasteiger partial charge >= 0.3 is 12.0 Å². The maximum absolute atomic E-state index is 12.0. The number of aromatic nitrogens is 2. The zero-order valence-electron chi connectivity index (χ0n) is 16.9. The Morgan fingerprint density at radius 2 is 1.81 bits per heavy atom. The Morgan fingerprint density at radius 3 is 2.48 bits per heavy atom. The van der Waals surface area contributed by atoms with E-state index in [-0.39, 0.29) is 0 Å². The molecule has 1 heterocycles. The number of nitrogens with one attached hydrogen (secondary N) is 1. The zero-order valence-corrected chi connectivity index (χ0v) is 16.9. The topological polar surface area (TPSA) is 116 Å². The average Bonchev–Trinajstić information content (AvgIpc) is 3.15. The van der Waals surface area contributed by atoms with E-state index in [0.29, 0.717) is 12.2 Å². The van der Waals surface area contributed by atoms with Crippen LogP contribution < -0.4 is 11.1 Å². The van der Waals surface area contributed by atoms with Gasteiger partial charge in [-0.3, -0.25) is 14.8 Å². The monoisotopic (exact) mass is 418 g/mol. The van der Waals surface area contributed by atoms with Crippen molar-refractivity contribution in [3.63, 3.8) is 0 Å². The molecule has 0 saturated carbocycles. The van der Waals surface area contributed by atoms with Crippen LogP contribution in [0, 0.1) is 6.92 Å². The molecule has 0 bridgehead atoms. The minimum Gasteiger partial charge on any atom is -0.452 e. The highest BCUT2D eigenvalue weighted by atomic mass is 16.5. The number of carbonyl (C=O) groups excluding carboxylic acids is 3. The van der Waals surface area contributed by atoms with Gasteiger partial charge in [-0.1, -0.05) is 60.2 Å².